The zero-order valence-electron chi connectivity index (χ0n) is 17.8. The summed E-state index contributed by atoms with van der Waals surface area (Å²) in [4.78, 5) is 37.0. The number of carbonyl (C=O) groups is 3. The van der Waals surface area contributed by atoms with Gasteiger partial charge in [0.15, 0.2) is 5.11 Å². The van der Waals surface area contributed by atoms with Crippen LogP contribution in [0.3, 0.4) is 0 Å². The molecule has 0 spiro atoms. The SMILES string of the molecule is CCOc1ccccc1C(=O)NC(=S)NNC(=O)c1ccc(NC(=O)c2ccccc2)cc1. The predicted molar refractivity (Wildman–Crippen MR) is 129 cm³/mol. The lowest BCUT2D eigenvalue weighted by Gasteiger charge is -2.13. The molecule has 0 aliphatic heterocycles. The van der Waals surface area contributed by atoms with Crippen LogP contribution < -0.4 is 26.2 Å². The van der Waals surface area contributed by atoms with Gasteiger partial charge in [-0.2, -0.15) is 0 Å². The van der Waals surface area contributed by atoms with Crippen LogP contribution in [-0.2, 0) is 0 Å². The Morgan fingerprint density at radius 1 is 0.758 bits per heavy atom. The molecule has 8 nitrogen and oxygen atoms in total. The molecule has 168 valence electrons. The number of thiocarbonyl (C=S) groups is 1. The number of carbonyl (C=O) groups excluding carboxylic acids is 3. The average Bonchev–Trinajstić information content (AvgIpc) is 2.84. The molecule has 0 saturated heterocycles. The van der Waals surface area contributed by atoms with Gasteiger partial charge in [0.25, 0.3) is 17.7 Å². The van der Waals surface area contributed by atoms with Gasteiger partial charge in [0.2, 0.25) is 0 Å². The van der Waals surface area contributed by atoms with Crippen molar-refractivity contribution in [3.8, 4) is 5.75 Å². The zero-order valence-corrected chi connectivity index (χ0v) is 18.6. The Morgan fingerprint density at radius 2 is 1.39 bits per heavy atom. The van der Waals surface area contributed by atoms with Gasteiger partial charge in [0, 0.05) is 16.8 Å². The summed E-state index contributed by atoms with van der Waals surface area (Å²) in [6, 6.07) is 21.9. The average molecular weight is 463 g/mol. The molecule has 4 N–H and O–H groups in total. The molecule has 0 atom stereocenters. The zero-order chi connectivity index (χ0) is 23.6. The Hall–Kier alpha value is -4.24. The summed E-state index contributed by atoms with van der Waals surface area (Å²) in [5.74, 6) is -0.753. The first kappa shape index (κ1) is 23.4. The molecule has 0 heterocycles. The van der Waals surface area contributed by atoms with Crippen molar-refractivity contribution >= 4 is 40.7 Å². The Bertz CT molecular complexity index is 1150. The number of hydrazine groups is 1. The molecule has 0 aliphatic rings. The van der Waals surface area contributed by atoms with Crippen LogP contribution in [0.5, 0.6) is 5.75 Å². The third kappa shape index (κ3) is 6.62. The van der Waals surface area contributed by atoms with Gasteiger partial charge in [0.05, 0.1) is 12.2 Å². The summed E-state index contributed by atoms with van der Waals surface area (Å²) in [6.45, 7) is 2.23. The smallest absolute Gasteiger partial charge is 0.269 e. The van der Waals surface area contributed by atoms with Gasteiger partial charge >= 0.3 is 0 Å². The second kappa shape index (κ2) is 11.4. The molecule has 0 saturated carbocycles. The highest BCUT2D eigenvalue weighted by Crippen LogP contribution is 2.17. The van der Waals surface area contributed by atoms with Crippen molar-refractivity contribution in [1.29, 1.82) is 0 Å². The molecule has 0 aromatic heterocycles. The number of ether oxygens (including phenoxy) is 1. The van der Waals surface area contributed by atoms with Gasteiger partial charge < -0.3 is 10.1 Å². The lowest BCUT2D eigenvalue weighted by molar-refractivity contribution is 0.0933. The van der Waals surface area contributed by atoms with Crippen molar-refractivity contribution in [2.75, 3.05) is 11.9 Å². The third-order valence-electron chi connectivity index (χ3n) is 4.39. The van der Waals surface area contributed by atoms with E-state index in [9.17, 15) is 14.4 Å². The standard InChI is InChI=1S/C24H22N4O4S/c1-2-32-20-11-7-6-10-19(20)23(31)26-24(33)28-27-22(30)17-12-14-18(15-13-17)25-21(29)16-8-4-3-5-9-16/h3-15H,2H2,1H3,(H,25,29)(H,27,30)(H2,26,28,31,33). The molecule has 3 aromatic rings. The Labute approximate surface area is 196 Å². The first-order valence-electron chi connectivity index (χ1n) is 10.1. The van der Waals surface area contributed by atoms with Gasteiger partial charge in [-0.25, -0.2) is 0 Å². The maximum atomic E-state index is 12.4. The molecule has 3 rings (SSSR count). The van der Waals surface area contributed by atoms with Crippen molar-refractivity contribution in [3.63, 3.8) is 0 Å². The van der Waals surface area contributed by atoms with Gasteiger partial charge in [-0.3, -0.25) is 30.6 Å². The minimum Gasteiger partial charge on any atom is -0.493 e. The predicted octanol–water partition coefficient (Wildman–Crippen LogP) is 3.29. The molecule has 0 radical (unpaired) electrons. The molecule has 3 amide bonds. The maximum Gasteiger partial charge on any atom is 0.269 e. The molecule has 3 aromatic carbocycles. The van der Waals surface area contributed by atoms with Gasteiger partial charge in [-0.05, 0) is 67.7 Å². The summed E-state index contributed by atoms with van der Waals surface area (Å²) >= 11 is 5.08. The minimum absolute atomic E-state index is 0.0774. The van der Waals surface area contributed by atoms with Gasteiger partial charge in [-0.15, -0.1) is 0 Å². The van der Waals surface area contributed by atoms with Crippen LogP contribution in [0.2, 0.25) is 0 Å². The van der Waals surface area contributed by atoms with E-state index >= 15 is 0 Å². The molecule has 0 fully saturated rings. The van der Waals surface area contributed by atoms with E-state index in [1.54, 1.807) is 72.8 Å². The summed E-state index contributed by atoms with van der Waals surface area (Å²) in [5.41, 5.74) is 6.64. The van der Waals surface area contributed by atoms with Crippen molar-refractivity contribution in [1.82, 2.24) is 16.2 Å². The van der Waals surface area contributed by atoms with E-state index in [-0.39, 0.29) is 11.0 Å². The Kier molecular flexibility index (Phi) is 8.09. The summed E-state index contributed by atoms with van der Waals surface area (Å²) < 4.78 is 5.43. The fraction of sp³-hybridized carbons (Fsp3) is 0.0833. The van der Waals surface area contributed by atoms with E-state index < -0.39 is 11.8 Å². The van der Waals surface area contributed by atoms with Crippen molar-refractivity contribution in [3.05, 3.63) is 95.6 Å². The molecule has 0 aliphatic carbocycles. The first-order chi connectivity index (χ1) is 16.0. The second-order valence-corrected chi connectivity index (χ2v) is 7.10. The molecule has 9 heteroatoms. The minimum atomic E-state index is -0.470. The number of anilines is 1. The highest BCUT2D eigenvalue weighted by atomic mass is 32.1. The second-order valence-electron chi connectivity index (χ2n) is 6.69. The Morgan fingerprint density at radius 3 is 2.09 bits per heavy atom. The highest BCUT2D eigenvalue weighted by Gasteiger charge is 2.14. The van der Waals surface area contributed by atoms with Gasteiger partial charge in [-0.1, -0.05) is 30.3 Å². The number of rotatable bonds is 6. The number of hydrogen-bond donors (Lipinski definition) is 4. The number of hydrogen-bond acceptors (Lipinski definition) is 5. The first-order valence-corrected chi connectivity index (χ1v) is 10.5. The lowest BCUT2D eigenvalue weighted by Crippen LogP contribution is -2.48. The normalized spacial score (nSPS) is 9.97. The monoisotopic (exact) mass is 462 g/mol. The summed E-state index contributed by atoms with van der Waals surface area (Å²) in [7, 11) is 0. The summed E-state index contributed by atoms with van der Waals surface area (Å²) in [5, 5.41) is 5.17. The fourth-order valence-corrected chi connectivity index (χ4v) is 2.96. The number of para-hydroxylation sites is 1. The number of benzene rings is 3. The molecule has 0 bridgehead atoms. The quantitative estimate of drug-likeness (QED) is 0.331. The van der Waals surface area contributed by atoms with Crippen LogP contribution in [0.1, 0.15) is 38.0 Å². The topological polar surface area (TPSA) is 109 Å². The molecular weight excluding hydrogens is 440 g/mol. The van der Waals surface area contributed by atoms with Crippen LogP contribution in [0.4, 0.5) is 5.69 Å². The van der Waals surface area contributed by atoms with E-state index in [1.807, 2.05) is 13.0 Å². The van der Waals surface area contributed by atoms with Crippen LogP contribution >= 0.6 is 12.2 Å². The lowest BCUT2D eigenvalue weighted by atomic mass is 10.1. The highest BCUT2D eigenvalue weighted by molar-refractivity contribution is 7.80. The Balaban J connectivity index is 1.50. The summed E-state index contributed by atoms with van der Waals surface area (Å²) in [6.07, 6.45) is 0. The van der Waals surface area contributed by atoms with E-state index in [1.165, 1.54) is 0 Å². The maximum absolute atomic E-state index is 12.4. The number of nitrogens with one attached hydrogen (secondary N) is 4. The van der Waals surface area contributed by atoms with Crippen molar-refractivity contribution in [2.45, 2.75) is 6.92 Å². The van der Waals surface area contributed by atoms with Crippen LogP contribution in [-0.4, -0.2) is 29.4 Å². The van der Waals surface area contributed by atoms with Crippen molar-refractivity contribution in [2.24, 2.45) is 0 Å². The van der Waals surface area contributed by atoms with Crippen LogP contribution in [0.25, 0.3) is 0 Å². The van der Waals surface area contributed by atoms with Crippen LogP contribution in [0, 0.1) is 0 Å². The number of amides is 3. The molecule has 0 unspecified atom stereocenters. The molecule has 33 heavy (non-hydrogen) atoms. The van der Waals surface area contributed by atoms with E-state index in [2.05, 4.69) is 21.5 Å². The third-order valence-corrected chi connectivity index (χ3v) is 4.59. The molecular formula is C24H22N4O4S. The van der Waals surface area contributed by atoms with E-state index in [0.717, 1.165) is 0 Å². The fourth-order valence-electron chi connectivity index (χ4n) is 2.82. The van der Waals surface area contributed by atoms with E-state index in [4.69, 9.17) is 17.0 Å². The van der Waals surface area contributed by atoms with Gasteiger partial charge in [0.1, 0.15) is 5.75 Å². The van der Waals surface area contributed by atoms with Crippen LogP contribution in [0.15, 0.2) is 78.9 Å². The largest absolute Gasteiger partial charge is 0.493 e. The van der Waals surface area contributed by atoms with Crippen molar-refractivity contribution < 1.29 is 19.1 Å². The van der Waals surface area contributed by atoms with E-state index in [0.29, 0.717) is 34.7 Å².